The normalized spacial score (nSPS) is 10.1. The molecule has 0 unspecified atom stereocenters. The van der Waals surface area contributed by atoms with E-state index >= 15 is 0 Å². The highest BCUT2D eigenvalue weighted by molar-refractivity contribution is 5.26. The fourth-order valence-corrected chi connectivity index (χ4v) is 1.25. The van der Waals surface area contributed by atoms with Gasteiger partial charge in [-0.05, 0) is 6.92 Å². The van der Waals surface area contributed by atoms with Crippen LogP contribution in [0.4, 0.5) is 5.82 Å². The van der Waals surface area contributed by atoms with Crippen LogP contribution in [0, 0.1) is 0 Å². The number of allylic oxidation sites excluding steroid dienone is 1. The Morgan fingerprint density at radius 1 is 1.50 bits per heavy atom. The number of aromatic nitrogens is 2. The van der Waals surface area contributed by atoms with E-state index in [4.69, 9.17) is 5.73 Å². The van der Waals surface area contributed by atoms with E-state index in [0.717, 1.165) is 4.57 Å². The highest BCUT2D eigenvalue weighted by atomic mass is 16.2. The average molecular weight is 195 g/mol. The minimum absolute atomic E-state index is 0.197. The molecule has 1 rings (SSSR count). The average Bonchev–Trinajstić information content (AvgIpc) is 2.12. The summed E-state index contributed by atoms with van der Waals surface area (Å²) >= 11 is 0. The summed E-state index contributed by atoms with van der Waals surface area (Å²) in [5.74, 6) is 0.197. The Balaban J connectivity index is 3.52. The molecule has 76 valence electrons. The van der Waals surface area contributed by atoms with Crippen LogP contribution in [-0.4, -0.2) is 9.13 Å². The molecule has 1 heterocycles. The molecule has 1 aromatic rings. The molecule has 0 bridgehead atoms. The number of nitrogens with zero attached hydrogens (tertiary/aromatic N) is 2. The monoisotopic (exact) mass is 195 g/mol. The molecule has 5 nitrogen and oxygen atoms in total. The number of hydrogen-bond donors (Lipinski definition) is 1. The van der Waals surface area contributed by atoms with Crippen LogP contribution in [0.5, 0.6) is 0 Å². The quantitative estimate of drug-likeness (QED) is 0.679. The molecule has 0 aliphatic rings. The lowest BCUT2D eigenvalue weighted by Gasteiger charge is -2.08. The van der Waals surface area contributed by atoms with E-state index in [1.807, 2.05) is 0 Å². The summed E-state index contributed by atoms with van der Waals surface area (Å²) in [6.07, 6.45) is 1.50. The number of rotatable bonds is 3. The Hall–Kier alpha value is -1.78. The van der Waals surface area contributed by atoms with Crippen LogP contribution < -0.4 is 17.0 Å². The van der Waals surface area contributed by atoms with Crippen LogP contribution >= 0.6 is 0 Å². The van der Waals surface area contributed by atoms with Crippen molar-refractivity contribution in [2.24, 2.45) is 0 Å². The first-order valence-corrected chi connectivity index (χ1v) is 4.32. The fraction of sp³-hybridized carbons (Fsp3) is 0.333. The van der Waals surface area contributed by atoms with E-state index < -0.39 is 11.2 Å². The summed E-state index contributed by atoms with van der Waals surface area (Å²) < 4.78 is 2.43. The Morgan fingerprint density at radius 3 is 2.64 bits per heavy atom. The minimum atomic E-state index is -0.392. The molecule has 14 heavy (non-hydrogen) atoms. The number of nitrogens with two attached hydrogens (primary N) is 1. The molecule has 0 saturated heterocycles. The lowest BCUT2D eigenvalue weighted by atomic mass is 10.5. The van der Waals surface area contributed by atoms with Crippen molar-refractivity contribution in [3.05, 3.63) is 39.6 Å². The van der Waals surface area contributed by atoms with Crippen LogP contribution in [0.3, 0.4) is 0 Å². The van der Waals surface area contributed by atoms with Gasteiger partial charge in [-0.3, -0.25) is 13.9 Å². The maximum Gasteiger partial charge on any atom is 0.332 e. The van der Waals surface area contributed by atoms with E-state index in [0.29, 0.717) is 6.54 Å². The molecule has 0 amide bonds. The Kier molecular flexibility index (Phi) is 2.91. The van der Waals surface area contributed by atoms with Gasteiger partial charge in [-0.1, -0.05) is 6.08 Å². The third kappa shape index (κ3) is 1.61. The maximum atomic E-state index is 11.6. The largest absolute Gasteiger partial charge is 0.385 e. The molecule has 0 fully saturated rings. The summed E-state index contributed by atoms with van der Waals surface area (Å²) in [6.45, 7) is 5.92. The van der Waals surface area contributed by atoms with Gasteiger partial charge >= 0.3 is 5.69 Å². The van der Waals surface area contributed by atoms with Crippen molar-refractivity contribution in [1.82, 2.24) is 9.13 Å². The maximum absolute atomic E-state index is 11.6. The lowest BCUT2D eigenvalue weighted by Crippen LogP contribution is -2.39. The van der Waals surface area contributed by atoms with Crippen LogP contribution in [0.1, 0.15) is 6.92 Å². The molecule has 0 atom stereocenters. The predicted octanol–water partition coefficient (Wildman–Crippen LogP) is -0.202. The molecule has 0 saturated carbocycles. The topological polar surface area (TPSA) is 70.0 Å². The van der Waals surface area contributed by atoms with Gasteiger partial charge in [0, 0.05) is 19.2 Å². The zero-order valence-corrected chi connectivity index (χ0v) is 8.06. The van der Waals surface area contributed by atoms with Crippen LogP contribution in [0.25, 0.3) is 0 Å². The van der Waals surface area contributed by atoms with Gasteiger partial charge < -0.3 is 5.73 Å². The van der Waals surface area contributed by atoms with Crippen molar-refractivity contribution in [2.45, 2.75) is 20.0 Å². The van der Waals surface area contributed by atoms with Crippen molar-refractivity contribution < 1.29 is 0 Å². The predicted molar refractivity (Wildman–Crippen MR) is 55.2 cm³/mol. The summed E-state index contributed by atoms with van der Waals surface area (Å²) in [5.41, 5.74) is 4.74. The van der Waals surface area contributed by atoms with Crippen LogP contribution in [0.2, 0.25) is 0 Å². The molecule has 0 radical (unpaired) electrons. The molecule has 1 aromatic heterocycles. The van der Waals surface area contributed by atoms with Gasteiger partial charge in [0.05, 0.1) is 0 Å². The Morgan fingerprint density at radius 2 is 2.14 bits per heavy atom. The molecule has 0 aliphatic heterocycles. The molecular formula is C9H13N3O2. The second-order valence-corrected chi connectivity index (χ2v) is 2.83. The third-order valence-electron chi connectivity index (χ3n) is 1.94. The smallest absolute Gasteiger partial charge is 0.332 e. The van der Waals surface area contributed by atoms with Crippen LogP contribution in [0.15, 0.2) is 28.3 Å². The van der Waals surface area contributed by atoms with Gasteiger partial charge in [-0.25, -0.2) is 4.79 Å². The van der Waals surface area contributed by atoms with Crippen molar-refractivity contribution >= 4 is 5.82 Å². The van der Waals surface area contributed by atoms with Crippen molar-refractivity contribution in [3.8, 4) is 0 Å². The van der Waals surface area contributed by atoms with Crippen LogP contribution in [-0.2, 0) is 13.1 Å². The second-order valence-electron chi connectivity index (χ2n) is 2.83. The van der Waals surface area contributed by atoms with Crippen molar-refractivity contribution in [2.75, 3.05) is 5.73 Å². The van der Waals surface area contributed by atoms with E-state index in [2.05, 4.69) is 6.58 Å². The fourth-order valence-electron chi connectivity index (χ4n) is 1.25. The number of anilines is 1. The molecule has 0 aliphatic carbocycles. The van der Waals surface area contributed by atoms with E-state index in [1.54, 1.807) is 6.92 Å². The number of hydrogen-bond acceptors (Lipinski definition) is 3. The van der Waals surface area contributed by atoms with E-state index in [1.165, 1.54) is 16.7 Å². The summed E-state index contributed by atoms with van der Waals surface area (Å²) in [6, 6.07) is 1.24. The third-order valence-corrected chi connectivity index (χ3v) is 1.94. The van der Waals surface area contributed by atoms with Gasteiger partial charge in [0.2, 0.25) is 0 Å². The SMILES string of the molecule is C=CCn1c(=O)cc(N)n(CC)c1=O. The van der Waals surface area contributed by atoms with Crippen molar-refractivity contribution in [1.29, 1.82) is 0 Å². The van der Waals surface area contributed by atoms with Crippen molar-refractivity contribution in [3.63, 3.8) is 0 Å². The highest BCUT2D eigenvalue weighted by Gasteiger charge is 2.05. The molecule has 5 heteroatoms. The zero-order chi connectivity index (χ0) is 10.7. The standard InChI is InChI=1S/C9H13N3O2/c1-3-5-12-8(13)6-7(10)11(4-2)9(12)14/h3,6H,1,4-5,10H2,2H3. The van der Waals surface area contributed by atoms with Gasteiger partial charge in [0.1, 0.15) is 5.82 Å². The summed E-state index contributed by atoms with van der Waals surface area (Å²) in [4.78, 5) is 23.0. The lowest BCUT2D eigenvalue weighted by molar-refractivity contribution is 0.614. The van der Waals surface area contributed by atoms with Gasteiger partial charge in [0.15, 0.2) is 0 Å². The van der Waals surface area contributed by atoms with Gasteiger partial charge in [-0.15, -0.1) is 6.58 Å². The summed E-state index contributed by atoms with van der Waals surface area (Å²) in [5, 5.41) is 0. The molecule has 0 aromatic carbocycles. The molecule has 2 N–H and O–H groups in total. The molecule has 0 spiro atoms. The minimum Gasteiger partial charge on any atom is -0.385 e. The highest BCUT2D eigenvalue weighted by Crippen LogP contribution is 1.92. The first-order chi connectivity index (χ1) is 6.61. The van der Waals surface area contributed by atoms with Gasteiger partial charge in [0.25, 0.3) is 5.56 Å². The van der Waals surface area contributed by atoms with E-state index in [-0.39, 0.29) is 12.4 Å². The number of nitrogen functional groups attached to an aromatic ring is 1. The summed E-state index contributed by atoms with van der Waals surface area (Å²) in [7, 11) is 0. The van der Waals surface area contributed by atoms with Gasteiger partial charge in [-0.2, -0.15) is 0 Å². The first-order valence-electron chi connectivity index (χ1n) is 4.32. The Labute approximate surface area is 81.1 Å². The molecular weight excluding hydrogens is 182 g/mol. The second kappa shape index (κ2) is 3.95. The first kappa shape index (κ1) is 10.3. The zero-order valence-electron chi connectivity index (χ0n) is 8.06. The Bertz CT molecular complexity index is 456. The van der Waals surface area contributed by atoms with E-state index in [9.17, 15) is 9.59 Å².